The SMILES string of the molecule is CC(=O)N(c1ccc(Cl)cc1)[C@H]1C[C@@H](C)N(C(=O)c2ccc(OCCC(C)(C)C(=O)O)cc2)c2ccccc21. The molecule has 0 fully saturated rings. The zero-order chi connectivity index (χ0) is 28.3. The van der Waals surface area contributed by atoms with E-state index in [-0.39, 0.29) is 30.5 Å². The molecule has 0 aliphatic carbocycles. The van der Waals surface area contributed by atoms with Crippen LogP contribution in [0.1, 0.15) is 62.5 Å². The second-order valence-corrected chi connectivity index (χ2v) is 10.9. The van der Waals surface area contributed by atoms with Gasteiger partial charge in [-0.2, -0.15) is 0 Å². The van der Waals surface area contributed by atoms with E-state index < -0.39 is 11.4 Å². The average molecular weight is 549 g/mol. The van der Waals surface area contributed by atoms with Crippen molar-refractivity contribution in [2.75, 3.05) is 16.4 Å². The van der Waals surface area contributed by atoms with Crippen LogP contribution in [0.4, 0.5) is 11.4 Å². The predicted molar refractivity (Wildman–Crippen MR) is 153 cm³/mol. The first-order chi connectivity index (χ1) is 18.5. The van der Waals surface area contributed by atoms with E-state index in [1.165, 1.54) is 0 Å². The third-order valence-corrected chi connectivity index (χ3v) is 7.46. The first-order valence-electron chi connectivity index (χ1n) is 12.9. The topological polar surface area (TPSA) is 87.2 Å². The standard InChI is InChI=1S/C31H33ClN2O5/c1-20-19-28(34(21(2)35)24-13-11-23(32)12-14-24)26-7-5-6-8-27(26)33(20)29(36)22-9-15-25(16-10-22)39-18-17-31(3,4)30(37)38/h5-16,20,28H,17-19H2,1-4H3,(H,37,38)/t20-,28+/m1/s1. The Morgan fingerprint density at radius 2 is 1.67 bits per heavy atom. The lowest BCUT2D eigenvalue weighted by molar-refractivity contribution is -0.147. The van der Waals surface area contributed by atoms with Gasteiger partial charge in [0, 0.05) is 34.9 Å². The molecule has 3 aromatic carbocycles. The Morgan fingerprint density at radius 3 is 2.28 bits per heavy atom. The van der Waals surface area contributed by atoms with Crippen LogP contribution in [-0.4, -0.2) is 35.5 Å². The molecule has 8 heteroatoms. The minimum Gasteiger partial charge on any atom is -0.494 e. The number of ether oxygens (including phenoxy) is 1. The van der Waals surface area contributed by atoms with Gasteiger partial charge in [0.1, 0.15) is 5.75 Å². The molecular weight excluding hydrogens is 516 g/mol. The van der Waals surface area contributed by atoms with Crippen molar-refractivity contribution in [1.29, 1.82) is 0 Å². The number of amides is 2. The van der Waals surface area contributed by atoms with Crippen LogP contribution in [0.5, 0.6) is 5.75 Å². The molecule has 39 heavy (non-hydrogen) atoms. The predicted octanol–water partition coefficient (Wildman–Crippen LogP) is 6.75. The number of hydrogen-bond donors (Lipinski definition) is 1. The van der Waals surface area contributed by atoms with Gasteiger partial charge in [0.2, 0.25) is 5.91 Å². The highest BCUT2D eigenvalue weighted by molar-refractivity contribution is 6.30. The van der Waals surface area contributed by atoms with E-state index in [0.29, 0.717) is 29.2 Å². The third-order valence-electron chi connectivity index (χ3n) is 7.21. The monoisotopic (exact) mass is 548 g/mol. The maximum atomic E-state index is 13.7. The second-order valence-electron chi connectivity index (χ2n) is 10.5. The molecule has 0 spiro atoms. The van der Waals surface area contributed by atoms with Crippen LogP contribution in [0.3, 0.4) is 0 Å². The lowest BCUT2D eigenvalue weighted by atomic mass is 9.89. The molecule has 2 amide bonds. The van der Waals surface area contributed by atoms with E-state index >= 15 is 0 Å². The van der Waals surface area contributed by atoms with Crippen molar-refractivity contribution < 1.29 is 24.2 Å². The Labute approximate surface area is 233 Å². The molecule has 1 heterocycles. The molecule has 4 rings (SSSR count). The number of rotatable bonds is 8. The highest BCUT2D eigenvalue weighted by atomic mass is 35.5. The average Bonchev–Trinajstić information content (AvgIpc) is 2.89. The van der Waals surface area contributed by atoms with Crippen molar-refractivity contribution in [3.8, 4) is 5.75 Å². The first-order valence-corrected chi connectivity index (χ1v) is 13.3. The van der Waals surface area contributed by atoms with E-state index in [4.69, 9.17) is 16.3 Å². The van der Waals surface area contributed by atoms with Crippen LogP contribution >= 0.6 is 11.6 Å². The Bertz CT molecular complexity index is 1350. The number of nitrogens with zero attached hydrogens (tertiary/aromatic N) is 2. The summed E-state index contributed by atoms with van der Waals surface area (Å²) in [6.07, 6.45) is 0.922. The van der Waals surface area contributed by atoms with Crippen LogP contribution in [-0.2, 0) is 9.59 Å². The largest absolute Gasteiger partial charge is 0.494 e. The molecule has 204 valence electrons. The fourth-order valence-corrected chi connectivity index (χ4v) is 5.01. The Balaban J connectivity index is 1.57. The molecular formula is C31H33ClN2O5. The quantitative estimate of drug-likeness (QED) is 0.336. The maximum absolute atomic E-state index is 13.7. The number of carbonyl (C=O) groups excluding carboxylic acids is 2. The molecule has 7 nitrogen and oxygen atoms in total. The summed E-state index contributed by atoms with van der Waals surface area (Å²) in [6, 6.07) is 21.4. The van der Waals surface area contributed by atoms with Gasteiger partial charge in [0.25, 0.3) is 5.91 Å². The summed E-state index contributed by atoms with van der Waals surface area (Å²) in [5, 5.41) is 9.87. The van der Waals surface area contributed by atoms with Gasteiger partial charge in [-0.3, -0.25) is 14.4 Å². The fraction of sp³-hybridized carbons (Fsp3) is 0.323. The van der Waals surface area contributed by atoms with Gasteiger partial charge in [-0.25, -0.2) is 0 Å². The van der Waals surface area contributed by atoms with Crippen LogP contribution < -0.4 is 14.5 Å². The van der Waals surface area contributed by atoms with E-state index in [1.807, 2.05) is 43.3 Å². The zero-order valence-corrected chi connectivity index (χ0v) is 23.3. The molecule has 3 aromatic rings. The molecule has 0 saturated carbocycles. The highest BCUT2D eigenvalue weighted by Crippen LogP contribution is 2.43. The van der Waals surface area contributed by atoms with Crippen molar-refractivity contribution in [2.45, 2.75) is 52.6 Å². The second kappa shape index (κ2) is 11.5. The summed E-state index contributed by atoms with van der Waals surface area (Å²) < 4.78 is 5.73. The third kappa shape index (κ3) is 6.09. The molecule has 1 aliphatic rings. The van der Waals surface area contributed by atoms with E-state index in [9.17, 15) is 19.5 Å². The Kier molecular flexibility index (Phi) is 8.31. The van der Waals surface area contributed by atoms with Gasteiger partial charge in [-0.05, 0) is 93.8 Å². The van der Waals surface area contributed by atoms with Crippen molar-refractivity contribution in [1.82, 2.24) is 0 Å². The Morgan fingerprint density at radius 1 is 1.03 bits per heavy atom. The number of anilines is 2. The molecule has 0 saturated heterocycles. The number of carbonyl (C=O) groups is 3. The number of benzene rings is 3. The normalized spacial score (nSPS) is 16.8. The smallest absolute Gasteiger partial charge is 0.309 e. The molecule has 2 atom stereocenters. The summed E-state index contributed by atoms with van der Waals surface area (Å²) in [7, 11) is 0. The lowest BCUT2D eigenvalue weighted by Crippen LogP contribution is -2.47. The highest BCUT2D eigenvalue weighted by Gasteiger charge is 2.38. The van der Waals surface area contributed by atoms with Crippen LogP contribution in [0.25, 0.3) is 0 Å². The number of hydrogen-bond acceptors (Lipinski definition) is 4. The molecule has 0 bridgehead atoms. The van der Waals surface area contributed by atoms with Gasteiger partial charge in [-0.1, -0.05) is 29.8 Å². The van der Waals surface area contributed by atoms with Gasteiger partial charge in [0.15, 0.2) is 0 Å². The van der Waals surface area contributed by atoms with Crippen molar-refractivity contribution in [3.63, 3.8) is 0 Å². The van der Waals surface area contributed by atoms with E-state index in [2.05, 4.69) is 0 Å². The van der Waals surface area contributed by atoms with Crippen LogP contribution in [0.15, 0.2) is 72.8 Å². The van der Waals surface area contributed by atoms with Gasteiger partial charge in [-0.15, -0.1) is 0 Å². The number of fused-ring (bicyclic) bond motifs is 1. The molecule has 0 radical (unpaired) electrons. The van der Waals surface area contributed by atoms with Crippen LogP contribution in [0.2, 0.25) is 5.02 Å². The number of carboxylic acid groups (broad SMARTS) is 1. The number of carboxylic acids is 1. The zero-order valence-electron chi connectivity index (χ0n) is 22.6. The molecule has 0 unspecified atom stereocenters. The summed E-state index contributed by atoms with van der Waals surface area (Å²) in [5.41, 5.74) is 2.05. The van der Waals surface area contributed by atoms with Crippen LogP contribution in [0, 0.1) is 5.41 Å². The van der Waals surface area contributed by atoms with Gasteiger partial charge >= 0.3 is 5.97 Å². The van der Waals surface area contributed by atoms with Crippen molar-refractivity contribution in [3.05, 3.63) is 88.9 Å². The van der Waals surface area contributed by atoms with Crippen molar-refractivity contribution >= 4 is 40.8 Å². The number of aliphatic carboxylic acids is 1. The summed E-state index contributed by atoms with van der Waals surface area (Å²) in [4.78, 5) is 41.5. The molecule has 0 aromatic heterocycles. The summed E-state index contributed by atoms with van der Waals surface area (Å²) >= 11 is 6.09. The minimum atomic E-state index is -0.878. The first kappa shape index (κ1) is 28.2. The number of para-hydroxylation sites is 1. The summed E-state index contributed by atoms with van der Waals surface area (Å²) in [6.45, 7) is 7.11. The van der Waals surface area contributed by atoms with Gasteiger partial charge < -0.3 is 19.6 Å². The van der Waals surface area contributed by atoms with E-state index in [1.54, 1.807) is 67.0 Å². The lowest BCUT2D eigenvalue weighted by Gasteiger charge is -2.43. The Hall–Kier alpha value is -3.84. The number of halogens is 1. The fourth-order valence-electron chi connectivity index (χ4n) is 4.88. The maximum Gasteiger partial charge on any atom is 0.309 e. The van der Waals surface area contributed by atoms with Gasteiger partial charge in [0.05, 0.1) is 18.1 Å². The molecule has 1 N–H and O–H groups in total. The minimum absolute atomic E-state index is 0.0913. The molecule has 1 aliphatic heterocycles. The summed E-state index contributed by atoms with van der Waals surface area (Å²) in [5.74, 6) is -0.538. The van der Waals surface area contributed by atoms with E-state index in [0.717, 1.165) is 16.9 Å². The van der Waals surface area contributed by atoms with Crippen molar-refractivity contribution in [2.24, 2.45) is 5.41 Å².